The molecule has 4 heteroatoms. The Morgan fingerprint density at radius 1 is 1.42 bits per heavy atom. The van der Waals surface area contributed by atoms with Crippen LogP contribution in [0.15, 0.2) is 24.3 Å². The summed E-state index contributed by atoms with van der Waals surface area (Å²) in [5.41, 5.74) is 0.289. The third-order valence-electron chi connectivity index (χ3n) is 3.54. The average Bonchev–Trinajstić information content (AvgIpc) is 3.29. The third-order valence-corrected chi connectivity index (χ3v) is 3.54. The molecule has 0 amide bonds. The Balaban J connectivity index is 2.00. The van der Waals surface area contributed by atoms with E-state index in [-0.39, 0.29) is 6.61 Å². The predicted octanol–water partition coefficient (Wildman–Crippen LogP) is 1.84. The number of nitriles is 1. The Morgan fingerprint density at radius 2 is 2.11 bits per heavy atom. The van der Waals surface area contributed by atoms with E-state index >= 15 is 0 Å². The maximum atomic E-state index is 9.45. The van der Waals surface area contributed by atoms with Crippen LogP contribution in [0.5, 0.6) is 5.75 Å². The van der Waals surface area contributed by atoms with Gasteiger partial charge in [-0.25, -0.2) is 0 Å². The predicted molar refractivity (Wildman–Crippen MR) is 72.6 cm³/mol. The summed E-state index contributed by atoms with van der Waals surface area (Å²) in [5.74, 6) is 1.13. The van der Waals surface area contributed by atoms with Gasteiger partial charge in [0.05, 0.1) is 12.7 Å². The Hall–Kier alpha value is -1.57. The monoisotopic (exact) mass is 260 g/mol. The maximum absolute atomic E-state index is 9.45. The second-order valence-electron chi connectivity index (χ2n) is 4.98. The Morgan fingerprint density at radius 3 is 2.58 bits per heavy atom. The molecule has 1 aromatic carbocycles. The summed E-state index contributed by atoms with van der Waals surface area (Å²) in [6.45, 7) is 3.16. The largest absolute Gasteiger partial charge is 0.491 e. The molecule has 4 nitrogen and oxygen atoms in total. The van der Waals surface area contributed by atoms with E-state index in [9.17, 15) is 5.26 Å². The lowest BCUT2D eigenvalue weighted by Crippen LogP contribution is -2.50. The molecule has 1 aromatic rings. The van der Waals surface area contributed by atoms with Crippen LogP contribution in [0.2, 0.25) is 0 Å². The molecule has 1 aliphatic rings. The van der Waals surface area contributed by atoms with E-state index in [1.807, 2.05) is 31.2 Å². The number of benzene rings is 1. The second-order valence-corrected chi connectivity index (χ2v) is 4.98. The average molecular weight is 260 g/mol. The summed E-state index contributed by atoms with van der Waals surface area (Å²) in [4.78, 5) is 0. The van der Waals surface area contributed by atoms with Crippen molar-refractivity contribution in [1.82, 2.24) is 5.32 Å². The van der Waals surface area contributed by atoms with Gasteiger partial charge in [-0.15, -0.1) is 0 Å². The van der Waals surface area contributed by atoms with Crippen LogP contribution >= 0.6 is 0 Å². The summed E-state index contributed by atoms with van der Waals surface area (Å²) in [5, 5.41) is 21.7. The number of rotatable bonds is 7. The zero-order valence-corrected chi connectivity index (χ0v) is 11.2. The van der Waals surface area contributed by atoms with Gasteiger partial charge in [-0.2, -0.15) is 5.26 Å². The van der Waals surface area contributed by atoms with Crippen LogP contribution in [0, 0.1) is 17.2 Å². The second kappa shape index (κ2) is 6.05. The molecule has 0 radical (unpaired) electrons. The standard InChI is InChI=1S/C15H20N2O2/c1-2-17-15(10-16,13-5-6-13)11-19-14-7-3-12(9-18)4-8-14/h3-4,7-8,13,17-18H,2,5-6,9,11H2,1H3. The molecule has 1 unspecified atom stereocenters. The molecule has 0 aliphatic heterocycles. The van der Waals surface area contributed by atoms with Crippen molar-refractivity contribution >= 4 is 0 Å². The fraction of sp³-hybridized carbons (Fsp3) is 0.533. The molecule has 1 fully saturated rings. The van der Waals surface area contributed by atoms with Gasteiger partial charge in [0.2, 0.25) is 0 Å². The molecule has 102 valence electrons. The van der Waals surface area contributed by atoms with Gasteiger partial charge in [0, 0.05) is 0 Å². The van der Waals surface area contributed by atoms with E-state index < -0.39 is 5.54 Å². The van der Waals surface area contributed by atoms with Crippen molar-refractivity contribution in [3.63, 3.8) is 0 Å². The number of likely N-dealkylation sites (N-methyl/N-ethyl adjacent to an activating group) is 1. The van der Waals surface area contributed by atoms with E-state index in [0.29, 0.717) is 12.5 Å². The van der Waals surface area contributed by atoms with Crippen LogP contribution in [0.3, 0.4) is 0 Å². The molecule has 0 saturated heterocycles. The summed E-state index contributed by atoms with van der Waals surface area (Å²) in [6.07, 6.45) is 2.18. The van der Waals surface area contributed by atoms with Gasteiger partial charge >= 0.3 is 0 Å². The van der Waals surface area contributed by atoms with Gasteiger partial charge in [0.15, 0.2) is 0 Å². The van der Waals surface area contributed by atoms with Gasteiger partial charge in [-0.3, -0.25) is 5.32 Å². The van der Waals surface area contributed by atoms with Crippen LogP contribution < -0.4 is 10.1 Å². The van der Waals surface area contributed by atoms with Crippen molar-refractivity contribution in [2.75, 3.05) is 13.2 Å². The van der Waals surface area contributed by atoms with Crippen molar-refractivity contribution in [3.8, 4) is 11.8 Å². The minimum atomic E-state index is -0.565. The zero-order chi connectivity index (χ0) is 13.7. The highest BCUT2D eigenvalue weighted by atomic mass is 16.5. The first-order valence-electron chi connectivity index (χ1n) is 6.73. The Kier molecular flexibility index (Phi) is 4.41. The Labute approximate surface area is 114 Å². The number of aliphatic hydroxyl groups is 1. The number of aliphatic hydroxyl groups excluding tert-OH is 1. The minimum Gasteiger partial charge on any atom is -0.491 e. The summed E-state index contributed by atoms with van der Waals surface area (Å²) < 4.78 is 5.75. The highest BCUT2D eigenvalue weighted by molar-refractivity contribution is 5.27. The van der Waals surface area contributed by atoms with E-state index in [0.717, 1.165) is 30.7 Å². The molecule has 0 spiro atoms. The lowest BCUT2D eigenvalue weighted by atomic mass is 9.96. The molecule has 0 bridgehead atoms. The van der Waals surface area contributed by atoms with Gasteiger partial charge < -0.3 is 9.84 Å². The van der Waals surface area contributed by atoms with Crippen molar-refractivity contribution in [1.29, 1.82) is 5.26 Å². The summed E-state index contributed by atoms with van der Waals surface area (Å²) >= 11 is 0. The maximum Gasteiger partial charge on any atom is 0.143 e. The number of hydrogen-bond acceptors (Lipinski definition) is 4. The van der Waals surface area contributed by atoms with Crippen molar-refractivity contribution < 1.29 is 9.84 Å². The van der Waals surface area contributed by atoms with E-state index in [4.69, 9.17) is 9.84 Å². The van der Waals surface area contributed by atoms with Crippen molar-refractivity contribution in [2.24, 2.45) is 5.92 Å². The molecule has 2 N–H and O–H groups in total. The molecule has 0 aromatic heterocycles. The first kappa shape index (κ1) is 13.9. The number of ether oxygens (including phenoxy) is 1. The van der Waals surface area contributed by atoms with Crippen molar-refractivity contribution in [3.05, 3.63) is 29.8 Å². The summed E-state index contributed by atoms with van der Waals surface area (Å²) in [6, 6.07) is 9.70. The highest BCUT2D eigenvalue weighted by Crippen LogP contribution is 2.39. The fourth-order valence-electron chi connectivity index (χ4n) is 2.26. The Bertz CT molecular complexity index is 448. The number of hydrogen-bond donors (Lipinski definition) is 2. The molecular weight excluding hydrogens is 240 g/mol. The van der Waals surface area contributed by atoms with Crippen LogP contribution in [0.4, 0.5) is 0 Å². The molecule has 1 atom stereocenters. The lowest BCUT2D eigenvalue weighted by molar-refractivity contribution is 0.204. The normalized spacial score (nSPS) is 17.5. The molecule has 2 rings (SSSR count). The first-order chi connectivity index (χ1) is 9.24. The van der Waals surface area contributed by atoms with Gasteiger partial charge in [-0.05, 0) is 43.0 Å². The van der Waals surface area contributed by atoms with E-state index in [1.54, 1.807) is 0 Å². The minimum absolute atomic E-state index is 0.0296. The van der Waals surface area contributed by atoms with Crippen molar-refractivity contribution in [2.45, 2.75) is 31.9 Å². The van der Waals surface area contributed by atoms with Crippen LogP contribution in [-0.2, 0) is 6.61 Å². The number of nitrogens with one attached hydrogen (secondary N) is 1. The quantitative estimate of drug-likeness (QED) is 0.785. The number of nitrogens with zero attached hydrogens (tertiary/aromatic N) is 1. The van der Waals surface area contributed by atoms with E-state index in [2.05, 4.69) is 11.4 Å². The topological polar surface area (TPSA) is 65.3 Å². The van der Waals surface area contributed by atoms with Crippen LogP contribution in [0.25, 0.3) is 0 Å². The molecule has 1 saturated carbocycles. The SMILES string of the molecule is CCNC(C#N)(COc1ccc(CO)cc1)C1CC1. The fourth-order valence-corrected chi connectivity index (χ4v) is 2.26. The molecule has 1 aliphatic carbocycles. The van der Waals surface area contributed by atoms with Crippen LogP contribution in [-0.4, -0.2) is 23.8 Å². The third kappa shape index (κ3) is 3.25. The van der Waals surface area contributed by atoms with E-state index in [1.165, 1.54) is 0 Å². The molecule has 0 heterocycles. The van der Waals surface area contributed by atoms with Gasteiger partial charge in [0.1, 0.15) is 17.9 Å². The molecule has 19 heavy (non-hydrogen) atoms. The zero-order valence-electron chi connectivity index (χ0n) is 11.2. The lowest BCUT2D eigenvalue weighted by Gasteiger charge is -2.27. The molecular formula is C15H20N2O2. The smallest absolute Gasteiger partial charge is 0.143 e. The van der Waals surface area contributed by atoms with Gasteiger partial charge in [-0.1, -0.05) is 19.1 Å². The van der Waals surface area contributed by atoms with Crippen LogP contribution in [0.1, 0.15) is 25.3 Å². The summed E-state index contributed by atoms with van der Waals surface area (Å²) in [7, 11) is 0. The highest BCUT2D eigenvalue weighted by Gasteiger charge is 2.46. The van der Waals surface area contributed by atoms with Gasteiger partial charge in [0.25, 0.3) is 0 Å². The first-order valence-corrected chi connectivity index (χ1v) is 6.73.